The van der Waals surface area contributed by atoms with E-state index in [1.165, 1.54) is 0 Å². The Hall–Kier alpha value is -1.38. The van der Waals surface area contributed by atoms with E-state index in [0.717, 1.165) is 11.1 Å². The lowest BCUT2D eigenvalue weighted by atomic mass is 10.1. The van der Waals surface area contributed by atoms with Gasteiger partial charge in [-0.25, -0.2) is 0 Å². The summed E-state index contributed by atoms with van der Waals surface area (Å²) in [7, 11) is 0. The van der Waals surface area contributed by atoms with Crippen molar-refractivity contribution >= 4 is 28.3 Å². The summed E-state index contributed by atoms with van der Waals surface area (Å²) in [5.74, 6) is 0.675. The second-order valence-electron chi connectivity index (χ2n) is 3.20. The summed E-state index contributed by atoms with van der Waals surface area (Å²) in [6, 6.07) is 17.6. The van der Waals surface area contributed by atoms with Crippen LogP contribution in [0.1, 0.15) is 0 Å². The fourth-order valence-corrected chi connectivity index (χ4v) is 1.67. The molecule has 0 amide bonds. The highest BCUT2D eigenvalue weighted by Crippen LogP contribution is 2.29. The molecule has 0 aliphatic rings. The monoisotopic (exact) mass is 248 g/mol. The molecule has 0 aliphatic heterocycles. The van der Waals surface area contributed by atoms with Gasteiger partial charge in [-0.3, -0.25) is 0 Å². The SMILES string of the molecule is S=C(Cl)Oc1ccccc1-c1ccccc1. The summed E-state index contributed by atoms with van der Waals surface area (Å²) < 4.78 is 5.30. The first-order valence-electron chi connectivity index (χ1n) is 4.79. The highest BCUT2D eigenvalue weighted by Gasteiger charge is 2.06. The Morgan fingerprint density at radius 2 is 1.56 bits per heavy atom. The minimum atomic E-state index is 0.00313. The van der Waals surface area contributed by atoms with E-state index in [0.29, 0.717) is 5.75 Å². The van der Waals surface area contributed by atoms with E-state index in [2.05, 4.69) is 0 Å². The van der Waals surface area contributed by atoms with Crippen LogP contribution in [0.4, 0.5) is 0 Å². The molecule has 0 spiro atoms. The lowest BCUT2D eigenvalue weighted by molar-refractivity contribution is 0.580. The Morgan fingerprint density at radius 3 is 2.25 bits per heavy atom. The molecule has 0 atom stereocenters. The molecule has 2 aromatic rings. The van der Waals surface area contributed by atoms with Crippen molar-refractivity contribution in [1.29, 1.82) is 0 Å². The largest absolute Gasteiger partial charge is 0.435 e. The number of halogens is 1. The van der Waals surface area contributed by atoms with E-state index in [-0.39, 0.29) is 4.51 Å². The van der Waals surface area contributed by atoms with Crippen molar-refractivity contribution in [3.05, 3.63) is 54.6 Å². The molecule has 0 bridgehead atoms. The first-order valence-corrected chi connectivity index (χ1v) is 5.58. The first-order chi connectivity index (χ1) is 7.77. The van der Waals surface area contributed by atoms with Gasteiger partial charge in [0.25, 0.3) is 4.51 Å². The minimum Gasteiger partial charge on any atom is -0.435 e. The molecule has 2 rings (SSSR count). The van der Waals surface area contributed by atoms with Gasteiger partial charge in [-0.05, 0) is 35.4 Å². The van der Waals surface area contributed by atoms with Gasteiger partial charge in [0.2, 0.25) is 0 Å². The van der Waals surface area contributed by atoms with Crippen LogP contribution in [0.5, 0.6) is 5.75 Å². The Bertz CT molecular complexity index is 496. The highest BCUT2D eigenvalue weighted by molar-refractivity contribution is 7.82. The van der Waals surface area contributed by atoms with Crippen molar-refractivity contribution in [1.82, 2.24) is 0 Å². The van der Waals surface area contributed by atoms with E-state index in [1.807, 2.05) is 54.6 Å². The van der Waals surface area contributed by atoms with Crippen LogP contribution in [-0.4, -0.2) is 4.51 Å². The predicted molar refractivity (Wildman–Crippen MR) is 71.0 cm³/mol. The summed E-state index contributed by atoms with van der Waals surface area (Å²) in [4.78, 5) is 0. The van der Waals surface area contributed by atoms with Gasteiger partial charge in [0.1, 0.15) is 5.75 Å². The average molecular weight is 249 g/mol. The summed E-state index contributed by atoms with van der Waals surface area (Å²) >= 11 is 10.3. The molecule has 0 N–H and O–H groups in total. The molecule has 0 unspecified atom stereocenters. The maximum Gasteiger partial charge on any atom is 0.260 e. The van der Waals surface area contributed by atoms with Crippen molar-refractivity contribution in [2.75, 3.05) is 0 Å². The van der Waals surface area contributed by atoms with Gasteiger partial charge in [-0.15, -0.1) is 0 Å². The molecule has 80 valence electrons. The smallest absolute Gasteiger partial charge is 0.260 e. The summed E-state index contributed by atoms with van der Waals surface area (Å²) in [5.41, 5.74) is 2.05. The number of hydrogen-bond donors (Lipinski definition) is 0. The number of hydrogen-bond acceptors (Lipinski definition) is 2. The fraction of sp³-hybridized carbons (Fsp3) is 0. The van der Waals surface area contributed by atoms with Crippen molar-refractivity contribution in [3.63, 3.8) is 0 Å². The fourth-order valence-electron chi connectivity index (χ4n) is 1.50. The van der Waals surface area contributed by atoms with Gasteiger partial charge in [0.15, 0.2) is 0 Å². The van der Waals surface area contributed by atoms with Gasteiger partial charge < -0.3 is 4.74 Å². The Kier molecular flexibility index (Phi) is 3.54. The van der Waals surface area contributed by atoms with Gasteiger partial charge in [-0.1, -0.05) is 48.5 Å². The molecule has 16 heavy (non-hydrogen) atoms. The maximum atomic E-state index is 5.58. The average Bonchev–Trinajstić information content (AvgIpc) is 2.30. The molecular formula is C13H9ClOS. The lowest BCUT2D eigenvalue weighted by Gasteiger charge is -2.08. The summed E-state index contributed by atoms with van der Waals surface area (Å²) in [6.07, 6.45) is 0. The predicted octanol–water partition coefficient (Wildman–Crippen LogP) is 4.26. The van der Waals surface area contributed by atoms with E-state index in [9.17, 15) is 0 Å². The number of thiocarbonyl (C=S) groups is 1. The van der Waals surface area contributed by atoms with Crippen LogP contribution in [0.25, 0.3) is 11.1 Å². The van der Waals surface area contributed by atoms with E-state index in [1.54, 1.807) is 0 Å². The normalized spacial score (nSPS) is 9.81. The van der Waals surface area contributed by atoms with Gasteiger partial charge in [0.05, 0.1) is 0 Å². The van der Waals surface area contributed by atoms with Crippen molar-refractivity contribution in [3.8, 4) is 16.9 Å². The molecule has 0 aliphatic carbocycles. The molecular weight excluding hydrogens is 240 g/mol. The Morgan fingerprint density at radius 1 is 0.938 bits per heavy atom. The molecule has 0 heterocycles. The van der Waals surface area contributed by atoms with Gasteiger partial charge >= 0.3 is 0 Å². The molecule has 1 nitrogen and oxygen atoms in total. The third-order valence-electron chi connectivity index (χ3n) is 2.16. The maximum absolute atomic E-state index is 5.58. The molecule has 0 saturated heterocycles. The summed E-state index contributed by atoms with van der Waals surface area (Å²) in [5, 5.41) is 0. The molecule has 0 fully saturated rings. The molecule has 2 aromatic carbocycles. The molecule has 0 saturated carbocycles. The van der Waals surface area contributed by atoms with Crippen molar-refractivity contribution in [2.24, 2.45) is 0 Å². The zero-order valence-electron chi connectivity index (χ0n) is 8.39. The standard InChI is InChI=1S/C13H9ClOS/c14-13(16)15-12-9-5-4-8-11(12)10-6-2-1-3-7-10/h1-9H. The van der Waals surface area contributed by atoms with E-state index < -0.39 is 0 Å². The van der Waals surface area contributed by atoms with E-state index >= 15 is 0 Å². The van der Waals surface area contributed by atoms with Crippen LogP contribution in [-0.2, 0) is 0 Å². The first kappa shape index (κ1) is 11.1. The van der Waals surface area contributed by atoms with Crippen molar-refractivity contribution < 1.29 is 4.74 Å². The summed E-state index contributed by atoms with van der Waals surface area (Å²) in [6.45, 7) is 0. The Balaban J connectivity index is 2.44. The second kappa shape index (κ2) is 5.10. The third kappa shape index (κ3) is 2.60. The number of ether oxygens (including phenoxy) is 1. The zero-order chi connectivity index (χ0) is 11.4. The molecule has 3 heteroatoms. The van der Waals surface area contributed by atoms with Crippen molar-refractivity contribution in [2.45, 2.75) is 0 Å². The number of para-hydroxylation sites is 1. The molecule has 0 aromatic heterocycles. The third-order valence-corrected chi connectivity index (χ3v) is 2.32. The van der Waals surface area contributed by atoms with E-state index in [4.69, 9.17) is 28.6 Å². The zero-order valence-corrected chi connectivity index (χ0v) is 9.96. The topological polar surface area (TPSA) is 9.23 Å². The number of rotatable bonds is 2. The van der Waals surface area contributed by atoms with Gasteiger partial charge in [0, 0.05) is 5.56 Å². The van der Waals surface area contributed by atoms with Crippen LogP contribution in [0.2, 0.25) is 0 Å². The number of benzene rings is 2. The van der Waals surface area contributed by atoms with Crippen LogP contribution < -0.4 is 4.74 Å². The Labute approximate surface area is 105 Å². The second-order valence-corrected chi connectivity index (χ2v) is 4.14. The van der Waals surface area contributed by atoms with Crippen LogP contribution >= 0.6 is 23.8 Å². The van der Waals surface area contributed by atoms with Crippen LogP contribution in [0.15, 0.2) is 54.6 Å². The quantitative estimate of drug-likeness (QED) is 0.580. The van der Waals surface area contributed by atoms with Crippen LogP contribution in [0.3, 0.4) is 0 Å². The lowest BCUT2D eigenvalue weighted by Crippen LogP contribution is -1.97. The van der Waals surface area contributed by atoms with Crippen LogP contribution in [0, 0.1) is 0 Å². The minimum absolute atomic E-state index is 0.00313. The molecule has 0 radical (unpaired) electrons. The van der Waals surface area contributed by atoms with Gasteiger partial charge in [-0.2, -0.15) is 0 Å². The highest BCUT2D eigenvalue weighted by atomic mass is 35.5.